The Hall–Kier alpha value is -2.76. The number of hydrogen-bond donors (Lipinski definition) is 1. The van der Waals surface area contributed by atoms with Crippen LogP contribution in [-0.4, -0.2) is 21.0 Å². The van der Waals surface area contributed by atoms with Crippen molar-refractivity contribution in [2.45, 2.75) is 32.6 Å². The van der Waals surface area contributed by atoms with Gasteiger partial charge in [-0.25, -0.2) is 0 Å². The van der Waals surface area contributed by atoms with E-state index < -0.39 is 0 Å². The number of fused-ring (bicyclic) bond motifs is 1. The summed E-state index contributed by atoms with van der Waals surface area (Å²) in [6, 6.07) is 9.45. The molecule has 3 rings (SSSR count). The smallest absolute Gasteiger partial charge is 0.227 e. The molecule has 3 aromatic rings. The zero-order valence-electron chi connectivity index (χ0n) is 13.0. The molecule has 1 amide bonds. The van der Waals surface area contributed by atoms with Crippen molar-refractivity contribution in [1.29, 1.82) is 0 Å². The summed E-state index contributed by atoms with van der Waals surface area (Å²) in [5.41, 5.74) is 1.62. The Labute approximate surface area is 133 Å². The number of pyridine rings is 1. The number of aromatic nitrogens is 3. The van der Waals surface area contributed by atoms with Gasteiger partial charge < -0.3 is 9.84 Å². The summed E-state index contributed by atoms with van der Waals surface area (Å²) in [5.74, 6) is 1.11. The number of anilines is 1. The molecule has 118 valence electrons. The van der Waals surface area contributed by atoms with Crippen LogP contribution in [0, 0.1) is 0 Å². The van der Waals surface area contributed by atoms with Gasteiger partial charge in [-0.15, -0.1) is 0 Å². The third-order valence-electron chi connectivity index (χ3n) is 3.47. The molecule has 2 heterocycles. The highest BCUT2D eigenvalue weighted by Crippen LogP contribution is 2.21. The Morgan fingerprint density at radius 1 is 1.22 bits per heavy atom. The Balaban J connectivity index is 1.62. The summed E-state index contributed by atoms with van der Waals surface area (Å²) in [6.45, 7) is 2.06. The van der Waals surface area contributed by atoms with Crippen molar-refractivity contribution in [2.24, 2.45) is 0 Å². The molecule has 0 aliphatic heterocycles. The molecule has 0 radical (unpaired) electrons. The summed E-state index contributed by atoms with van der Waals surface area (Å²) < 4.78 is 5.14. The number of amides is 1. The first-order chi connectivity index (χ1) is 11.3. The van der Waals surface area contributed by atoms with E-state index in [0.29, 0.717) is 24.6 Å². The molecular weight excluding hydrogens is 292 g/mol. The van der Waals surface area contributed by atoms with E-state index >= 15 is 0 Å². The summed E-state index contributed by atoms with van der Waals surface area (Å²) in [6.07, 6.45) is 4.22. The van der Waals surface area contributed by atoms with Crippen LogP contribution in [-0.2, 0) is 17.6 Å². The molecule has 1 N–H and O–H groups in total. The lowest BCUT2D eigenvalue weighted by Crippen LogP contribution is -2.12. The van der Waals surface area contributed by atoms with Gasteiger partial charge in [0.2, 0.25) is 11.8 Å². The fourth-order valence-corrected chi connectivity index (χ4v) is 2.36. The van der Waals surface area contributed by atoms with Gasteiger partial charge in [-0.1, -0.05) is 18.1 Å². The fraction of sp³-hybridized carbons (Fsp3) is 0.294. The largest absolute Gasteiger partial charge is 0.339 e. The maximum atomic E-state index is 12.1. The Kier molecular flexibility index (Phi) is 4.61. The zero-order chi connectivity index (χ0) is 16.1. The average molecular weight is 310 g/mol. The van der Waals surface area contributed by atoms with Crippen LogP contribution in [0.5, 0.6) is 0 Å². The number of rotatable bonds is 6. The zero-order valence-corrected chi connectivity index (χ0v) is 13.0. The lowest BCUT2D eigenvalue weighted by molar-refractivity contribution is -0.116. The molecule has 1 aromatic carbocycles. The van der Waals surface area contributed by atoms with E-state index in [-0.39, 0.29) is 5.91 Å². The van der Waals surface area contributed by atoms with Crippen molar-refractivity contribution >= 4 is 22.5 Å². The number of aryl methyl sites for hydroxylation is 2. The predicted octanol–water partition coefficient (Wildman–Crippen LogP) is 3.14. The number of nitrogens with zero attached hydrogens (tertiary/aromatic N) is 3. The maximum Gasteiger partial charge on any atom is 0.227 e. The Morgan fingerprint density at radius 2 is 2.13 bits per heavy atom. The first-order valence-corrected chi connectivity index (χ1v) is 7.71. The van der Waals surface area contributed by atoms with Gasteiger partial charge in [0.05, 0.1) is 11.2 Å². The summed E-state index contributed by atoms with van der Waals surface area (Å²) in [4.78, 5) is 20.7. The van der Waals surface area contributed by atoms with Crippen LogP contribution in [0.1, 0.15) is 31.5 Å². The van der Waals surface area contributed by atoms with E-state index in [9.17, 15) is 4.79 Å². The summed E-state index contributed by atoms with van der Waals surface area (Å²) >= 11 is 0. The Bertz CT molecular complexity index is 808. The van der Waals surface area contributed by atoms with E-state index in [2.05, 4.69) is 27.4 Å². The highest BCUT2D eigenvalue weighted by molar-refractivity contribution is 6.00. The van der Waals surface area contributed by atoms with Gasteiger partial charge in [0, 0.05) is 30.8 Å². The van der Waals surface area contributed by atoms with Gasteiger partial charge in [0.1, 0.15) is 0 Å². The van der Waals surface area contributed by atoms with Crippen molar-refractivity contribution in [1.82, 2.24) is 15.1 Å². The van der Waals surface area contributed by atoms with Gasteiger partial charge in [-0.3, -0.25) is 9.78 Å². The number of benzene rings is 1. The lowest BCUT2D eigenvalue weighted by Gasteiger charge is -2.07. The van der Waals surface area contributed by atoms with Crippen molar-refractivity contribution in [3.8, 4) is 0 Å². The molecular formula is C17H18N4O2. The van der Waals surface area contributed by atoms with Crippen LogP contribution >= 0.6 is 0 Å². The van der Waals surface area contributed by atoms with E-state index in [0.717, 1.165) is 29.4 Å². The van der Waals surface area contributed by atoms with Gasteiger partial charge in [0.25, 0.3) is 0 Å². The standard InChI is InChI=1S/C17H18N4O2/c1-2-5-15-20-17(23-21-15)10-9-16(22)19-14-8-3-7-13-12(14)6-4-11-18-13/h3-4,6-8,11H,2,5,9-10H2,1H3,(H,19,22). The first kappa shape index (κ1) is 15.1. The number of nitrogens with one attached hydrogen (secondary N) is 1. The fourth-order valence-electron chi connectivity index (χ4n) is 2.36. The Morgan fingerprint density at radius 3 is 3.00 bits per heavy atom. The highest BCUT2D eigenvalue weighted by Gasteiger charge is 2.10. The second-order valence-corrected chi connectivity index (χ2v) is 5.28. The molecule has 23 heavy (non-hydrogen) atoms. The van der Waals surface area contributed by atoms with E-state index in [1.807, 2.05) is 30.3 Å². The molecule has 6 heteroatoms. The molecule has 0 unspecified atom stereocenters. The van der Waals surface area contributed by atoms with Gasteiger partial charge in [0.15, 0.2) is 5.82 Å². The molecule has 0 atom stereocenters. The minimum absolute atomic E-state index is 0.0865. The topological polar surface area (TPSA) is 80.9 Å². The number of carbonyl (C=O) groups excluding carboxylic acids is 1. The maximum absolute atomic E-state index is 12.1. The second-order valence-electron chi connectivity index (χ2n) is 5.28. The van der Waals surface area contributed by atoms with E-state index in [1.54, 1.807) is 6.20 Å². The van der Waals surface area contributed by atoms with Crippen LogP contribution in [0.3, 0.4) is 0 Å². The highest BCUT2D eigenvalue weighted by atomic mass is 16.5. The molecule has 2 aromatic heterocycles. The third kappa shape index (κ3) is 3.71. The van der Waals surface area contributed by atoms with Crippen LogP contribution in [0.25, 0.3) is 10.9 Å². The number of carbonyl (C=O) groups is 1. The minimum atomic E-state index is -0.0865. The molecule has 0 saturated heterocycles. The molecule has 0 aliphatic rings. The van der Waals surface area contributed by atoms with E-state index in [1.165, 1.54) is 0 Å². The SMILES string of the molecule is CCCc1noc(CCC(=O)Nc2cccc3ncccc23)n1. The van der Waals surface area contributed by atoms with Crippen molar-refractivity contribution in [3.05, 3.63) is 48.2 Å². The lowest BCUT2D eigenvalue weighted by atomic mass is 10.1. The van der Waals surface area contributed by atoms with Gasteiger partial charge >= 0.3 is 0 Å². The van der Waals surface area contributed by atoms with Crippen LogP contribution in [0.2, 0.25) is 0 Å². The monoisotopic (exact) mass is 310 g/mol. The normalized spacial score (nSPS) is 10.8. The molecule has 0 spiro atoms. The van der Waals surface area contributed by atoms with Gasteiger partial charge in [-0.2, -0.15) is 4.98 Å². The minimum Gasteiger partial charge on any atom is -0.339 e. The van der Waals surface area contributed by atoms with Crippen molar-refractivity contribution < 1.29 is 9.32 Å². The first-order valence-electron chi connectivity index (χ1n) is 7.71. The van der Waals surface area contributed by atoms with Gasteiger partial charge in [-0.05, 0) is 30.7 Å². The predicted molar refractivity (Wildman–Crippen MR) is 87.0 cm³/mol. The molecule has 0 bridgehead atoms. The quantitative estimate of drug-likeness (QED) is 0.756. The molecule has 0 saturated carbocycles. The molecule has 0 fully saturated rings. The molecule has 0 aliphatic carbocycles. The van der Waals surface area contributed by atoms with Crippen molar-refractivity contribution in [2.75, 3.05) is 5.32 Å². The summed E-state index contributed by atoms with van der Waals surface area (Å²) in [5, 5.41) is 7.72. The van der Waals surface area contributed by atoms with Crippen LogP contribution in [0.15, 0.2) is 41.1 Å². The van der Waals surface area contributed by atoms with Crippen molar-refractivity contribution in [3.63, 3.8) is 0 Å². The summed E-state index contributed by atoms with van der Waals surface area (Å²) in [7, 11) is 0. The number of hydrogen-bond acceptors (Lipinski definition) is 5. The third-order valence-corrected chi connectivity index (χ3v) is 3.47. The van der Waals surface area contributed by atoms with Crippen LogP contribution < -0.4 is 5.32 Å². The second kappa shape index (κ2) is 7.00. The van der Waals surface area contributed by atoms with Crippen LogP contribution in [0.4, 0.5) is 5.69 Å². The molecule has 6 nitrogen and oxygen atoms in total. The van der Waals surface area contributed by atoms with E-state index in [4.69, 9.17) is 4.52 Å². The average Bonchev–Trinajstić information content (AvgIpc) is 3.01.